The highest BCUT2D eigenvalue weighted by atomic mass is 35.5. The summed E-state index contributed by atoms with van der Waals surface area (Å²) in [5.41, 5.74) is 4.89. The van der Waals surface area contributed by atoms with Crippen molar-refractivity contribution in [3.63, 3.8) is 0 Å². The van der Waals surface area contributed by atoms with E-state index in [2.05, 4.69) is 5.32 Å². The Morgan fingerprint density at radius 3 is 2.48 bits per heavy atom. The first kappa shape index (κ1) is 19.6. The number of alkyl halides is 3. The molecule has 2 atom stereocenters. The van der Waals surface area contributed by atoms with Gasteiger partial charge in [0.15, 0.2) is 6.61 Å². The van der Waals surface area contributed by atoms with Gasteiger partial charge in [0.1, 0.15) is 5.75 Å². The van der Waals surface area contributed by atoms with Crippen molar-refractivity contribution >= 4 is 18.3 Å². The second-order valence-electron chi connectivity index (χ2n) is 5.41. The van der Waals surface area contributed by atoms with Crippen LogP contribution in [0, 0.1) is 5.92 Å². The summed E-state index contributed by atoms with van der Waals surface area (Å²) in [6.07, 6.45) is -1.45. The fourth-order valence-electron chi connectivity index (χ4n) is 2.65. The number of amides is 1. The maximum absolute atomic E-state index is 12.4. The van der Waals surface area contributed by atoms with E-state index in [1.807, 2.05) is 0 Å². The molecule has 1 saturated carbocycles. The quantitative estimate of drug-likeness (QED) is 0.856. The summed E-state index contributed by atoms with van der Waals surface area (Å²) in [4.78, 5) is 11.8. The second kappa shape index (κ2) is 8.40. The van der Waals surface area contributed by atoms with Gasteiger partial charge in [-0.05, 0) is 49.6 Å². The minimum Gasteiger partial charge on any atom is -0.484 e. The Labute approximate surface area is 139 Å². The van der Waals surface area contributed by atoms with Crippen molar-refractivity contribution in [2.24, 2.45) is 11.7 Å². The molecule has 1 aromatic rings. The third-order valence-corrected chi connectivity index (χ3v) is 3.86. The highest BCUT2D eigenvalue weighted by molar-refractivity contribution is 5.85. The number of hydrogen-bond acceptors (Lipinski definition) is 3. The Balaban J connectivity index is 0.00000264. The zero-order chi connectivity index (χ0) is 16.2. The Hall–Kier alpha value is -1.47. The first-order chi connectivity index (χ1) is 10.4. The SMILES string of the molecule is Cl.NCC1CCCC1NC(=O)COc1ccc(C(F)(F)F)cc1. The Kier molecular flexibility index (Phi) is 7.15. The van der Waals surface area contributed by atoms with Crippen LogP contribution in [-0.2, 0) is 11.0 Å². The number of nitrogens with one attached hydrogen (secondary N) is 1. The number of nitrogens with two attached hydrogens (primary N) is 1. The highest BCUT2D eigenvalue weighted by Crippen LogP contribution is 2.30. The van der Waals surface area contributed by atoms with Crippen LogP contribution in [0.5, 0.6) is 5.75 Å². The third kappa shape index (κ3) is 5.58. The van der Waals surface area contributed by atoms with Crippen LogP contribution in [0.15, 0.2) is 24.3 Å². The van der Waals surface area contributed by atoms with E-state index in [4.69, 9.17) is 10.5 Å². The van der Waals surface area contributed by atoms with Crippen LogP contribution in [0.2, 0.25) is 0 Å². The van der Waals surface area contributed by atoms with Gasteiger partial charge in [-0.15, -0.1) is 12.4 Å². The summed E-state index contributed by atoms with van der Waals surface area (Å²) < 4.78 is 42.5. The van der Waals surface area contributed by atoms with Crippen molar-refractivity contribution in [2.45, 2.75) is 31.5 Å². The molecule has 2 rings (SSSR count). The molecule has 1 aromatic carbocycles. The van der Waals surface area contributed by atoms with Crippen LogP contribution in [0.4, 0.5) is 13.2 Å². The number of hydrogen-bond donors (Lipinski definition) is 2. The summed E-state index contributed by atoms with van der Waals surface area (Å²) in [5.74, 6) is 0.227. The van der Waals surface area contributed by atoms with E-state index in [0.717, 1.165) is 31.4 Å². The van der Waals surface area contributed by atoms with E-state index in [0.29, 0.717) is 6.54 Å². The topological polar surface area (TPSA) is 64.3 Å². The van der Waals surface area contributed by atoms with Gasteiger partial charge in [-0.1, -0.05) is 6.42 Å². The van der Waals surface area contributed by atoms with Gasteiger partial charge >= 0.3 is 6.18 Å². The van der Waals surface area contributed by atoms with Crippen molar-refractivity contribution < 1.29 is 22.7 Å². The van der Waals surface area contributed by atoms with Gasteiger partial charge < -0.3 is 15.8 Å². The molecule has 3 N–H and O–H groups in total. The van der Waals surface area contributed by atoms with Crippen molar-refractivity contribution in [1.29, 1.82) is 0 Å². The molecule has 0 bridgehead atoms. The van der Waals surface area contributed by atoms with Gasteiger partial charge in [0.2, 0.25) is 0 Å². The van der Waals surface area contributed by atoms with E-state index < -0.39 is 11.7 Å². The number of carbonyl (C=O) groups is 1. The number of halogens is 4. The van der Waals surface area contributed by atoms with Gasteiger partial charge in [-0.25, -0.2) is 0 Å². The molecular weight excluding hydrogens is 333 g/mol. The molecule has 1 fully saturated rings. The van der Waals surface area contributed by atoms with Crippen LogP contribution >= 0.6 is 12.4 Å². The number of rotatable bonds is 5. The first-order valence-corrected chi connectivity index (χ1v) is 7.19. The normalized spacial score (nSPS) is 20.7. The average molecular weight is 353 g/mol. The summed E-state index contributed by atoms with van der Waals surface area (Å²) in [6.45, 7) is 0.309. The Morgan fingerprint density at radius 2 is 1.91 bits per heavy atom. The first-order valence-electron chi connectivity index (χ1n) is 7.19. The molecule has 23 heavy (non-hydrogen) atoms. The summed E-state index contributed by atoms with van der Waals surface area (Å²) in [5, 5.41) is 2.86. The summed E-state index contributed by atoms with van der Waals surface area (Å²) >= 11 is 0. The van der Waals surface area contributed by atoms with Crippen LogP contribution in [0.3, 0.4) is 0 Å². The van der Waals surface area contributed by atoms with Gasteiger partial charge in [0, 0.05) is 6.04 Å². The predicted octanol–water partition coefficient (Wildman–Crippen LogP) is 2.75. The van der Waals surface area contributed by atoms with Crippen LogP contribution < -0.4 is 15.8 Å². The lowest BCUT2D eigenvalue weighted by Crippen LogP contribution is -2.42. The van der Waals surface area contributed by atoms with Crippen molar-refractivity contribution in [3.8, 4) is 5.75 Å². The minimum atomic E-state index is -4.38. The molecule has 8 heteroatoms. The monoisotopic (exact) mass is 352 g/mol. The number of carbonyl (C=O) groups excluding carboxylic acids is 1. The average Bonchev–Trinajstić information content (AvgIpc) is 2.92. The van der Waals surface area contributed by atoms with Crippen molar-refractivity contribution in [1.82, 2.24) is 5.32 Å². The molecule has 0 saturated heterocycles. The molecular formula is C15H20ClF3N2O2. The molecule has 130 valence electrons. The second-order valence-corrected chi connectivity index (χ2v) is 5.41. The number of benzene rings is 1. The maximum atomic E-state index is 12.4. The lowest BCUT2D eigenvalue weighted by molar-refractivity contribution is -0.137. The zero-order valence-electron chi connectivity index (χ0n) is 12.4. The maximum Gasteiger partial charge on any atom is 0.416 e. The van der Waals surface area contributed by atoms with E-state index in [1.54, 1.807) is 0 Å². The molecule has 0 radical (unpaired) electrons. The van der Waals surface area contributed by atoms with E-state index in [9.17, 15) is 18.0 Å². The van der Waals surface area contributed by atoms with Crippen LogP contribution in [0.25, 0.3) is 0 Å². The van der Waals surface area contributed by atoms with Crippen LogP contribution in [0.1, 0.15) is 24.8 Å². The summed E-state index contributed by atoms with van der Waals surface area (Å²) in [7, 11) is 0. The molecule has 1 aliphatic carbocycles. The largest absolute Gasteiger partial charge is 0.484 e. The van der Waals surface area contributed by atoms with Gasteiger partial charge in [0.05, 0.1) is 5.56 Å². The fourth-order valence-corrected chi connectivity index (χ4v) is 2.65. The molecule has 4 nitrogen and oxygen atoms in total. The Bertz CT molecular complexity index is 508. The number of ether oxygens (including phenoxy) is 1. The summed E-state index contributed by atoms with van der Waals surface area (Å²) in [6, 6.07) is 4.32. The molecule has 0 aliphatic heterocycles. The predicted molar refractivity (Wildman–Crippen MR) is 82.5 cm³/mol. The highest BCUT2D eigenvalue weighted by Gasteiger charge is 2.30. The molecule has 1 aliphatic rings. The molecule has 1 amide bonds. The smallest absolute Gasteiger partial charge is 0.416 e. The lowest BCUT2D eigenvalue weighted by atomic mass is 10.0. The van der Waals surface area contributed by atoms with E-state index in [-0.39, 0.29) is 42.6 Å². The lowest BCUT2D eigenvalue weighted by Gasteiger charge is -2.19. The Morgan fingerprint density at radius 1 is 1.26 bits per heavy atom. The fraction of sp³-hybridized carbons (Fsp3) is 0.533. The van der Waals surface area contributed by atoms with Gasteiger partial charge in [-0.3, -0.25) is 4.79 Å². The van der Waals surface area contributed by atoms with Gasteiger partial charge in [-0.2, -0.15) is 13.2 Å². The third-order valence-electron chi connectivity index (χ3n) is 3.86. The van der Waals surface area contributed by atoms with Crippen molar-refractivity contribution in [2.75, 3.05) is 13.2 Å². The molecule has 0 heterocycles. The zero-order valence-corrected chi connectivity index (χ0v) is 13.3. The van der Waals surface area contributed by atoms with Crippen LogP contribution in [-0.4, -0.2) is 25.1 Å². The van der Waals surface area contributed by atoms with Crippen molar-refractivity contribution in [3.05, 3.63) is 29.8 Å². The van der Waals surface area contributed by atoms with E-state index >= 15 is 0 Å². The molecule has 0 aromatic heterocycles. The standard InChI is InChI=1S/C15H19F3N2O2.ClH/c16-15(17,18)11-4-6-12(7-5-11)22-9-14(21)20-13-3-1-2-10(13)8-19;/h4-7,10,13H,1-3,8-9,19H2,(H,20,21);1H. The van der Waals surface area contributed by atoms with Gasteiger partial charge in [0.25, 0.3) is 5.91 Å². The molecule has 2 unspecified atom stereocenters. The molecule has 0 spiro atoms. The minimum absolute atomic E-state index is 0. The van der Waals surface area contributed by atoms with E-state index in [1.165, 1.54) is 12.1 Å².